The van der Waals surface area contributed by atoms with E-state index in [0.29, 0.717) is 23.0 Å². The van der Waals surface area contributed by atoms with Gasteiger partial charge in [0, 0.05) is 25.3 Å². The lowest BCUT2D eigenvalue weighted by atomic mass is 10.1. The number of halogens is 1. The molecule has 4 aromatic rings. The van der Waals surface area contributed by atoms with E-state index in [0.717, 1.165) is 16.8 Å². The van der Waals surface area contributed by atoms with Gasteiger partial charge in [0.25, 0.3) is 5.91 Å². The van der Waals surface area contributed by atoms with Crippen molar-refractivity contribution >= 4 is 29.3 Å². The molecular weight excluding hydrogens is 463 g/mol. The zero-order valence-electron chi connectivity index (χ0n) is 19.4. The van der Waals surface area contributed by atoms with Gasteiger partial charge in [0.15, 0.2) is 5.16 Å². The smallest absolute Gasteiger partial charge is 0.253 e. The summed E-state index contributed by atoms with van der Waals surface area (Å²) in [7, 11) is 3.39. The van der Waals surface area contributed by atoms with Crippen LogP contribution in [-0.2, 0) is 11.3 Å². The Morgan fingerprint density at radius 2 is 1.66 bits per heavy atom. The van der Waals surface area contributed by atoms with Gasteiger partial charge in [0.1, 0.15) is 5.82 Å². The quantitative estimate of drug-likeness (QED) is 0.348. The number of thioether (sulfide) groups is 1. The number of amides is 2. The normalized spacial score (nSPS) is 10.7. The third kappa shape index (κ3) is 6.16. The first-order chi connectivity index (χ1) is 16.9. The first kappa shape index (κ1) is 24.2. The van der Waals surface area contributed by atoms with Gasteiger partial charge in [-0.05, 0) is 59.7 Å². The molecule has 3 aromatic carbocycles. The second kappa shape index (κ2) is 11.0. The van der Waals surface area contributed by atoms with E-state index in [2.05, 4.69) is 10.3 Å². The highest BCUT2D eigenvalue weighted by Crippen LogP contribution is 2.27. The Kier molecular flexibility index (Phi) is 7.62. The number of imidazole rings is 1. The topological polar surface area (TPSA) is 67.2 Å². The van der Waals surface area contributed by atoms with E-state index in [9.17, 15) is 14.0 Å². The van der Waals surface area contributed by atoms with Crippen LogP contribution in [0.3, 0.4) is 0 Å². The summed E-state index contributed by atoms with van der Waals surface area (Å²) in [6.07, 6.45) is 1.75. The van der Waals surface area contributed by atoms with Crippen LogP contribution in [0.1, 0.15) is 15.9 Å². The van der Waals surface area contributed by atoms with Gasteiger partial charge in [-0.1, -0.05) is 42.1 Å². The van der Waals surface area contributed by atoms with Crippen LogP contribution in [0.2, 0.25) is 0 Å². The molecule has 1 N–H and O–H groups in total. The monoisotopic (exact) mass is 488 g/mol. The summed E-state index contributed by atoms with van der Waals surface area (Å²) in [6.45, 7) is 0.568. The lowest BCUT2D eigenvalue weighted by Gasteiger charge is -2.13. The number of carbonyl (C=O) groups is 2. The minimum atomic E-state index is -0.298. The summed E-state index contributed by atoms with van der Waals surface area (Å²) in [5, 5.41) is 3.55. The summed E-state index contributed by atoms with van der Waals surface area (Å²) < 4.78 is 15.5. The highest BCUT2D eigenvalue weighted by molar-refractivity contribution is 7.99. The number of benzene rings is 3. The van der Waals surface area contributed by atoms with Gasteiger partial charge in [0.05, 0.1) is 24.2 Å². The molecule has 0 radical (unpaired) electrons. The van der Waals surface area contributed by atoms with Crippen molar-refractivity contribution in [2.75, 3.05) is 25.2 Å². The molecule has 0 unspecified atom stereocenters. The molecule has 0 atom stereocenters. The van der Waals surface area contributed by atoms with E-state index in [1.807, 2.05) is 34.9 Å². The van der Waals surface area contributed by atoms with E-state index in [1.54, 1.807) is 56.7 Å². The van der Waals surface area contributed by atoms with Crippen LogP contribution in [0, 0.1) is 5.82 Å². The Bertz CT molecular complexity index is 1300. The number of nitrogens with zero attached hydrogens (tertiary/aromatic N) is 3. The molecule has 35 heavy (non-hydrogen) atoms. The molecule has 0 fully saturated rings. The molecule has 8 heteroatoms. The van der Waals surface area contributed by atoms with Crippen molar-refractivity contribution < 1.29 is 14.0 Å². The Morgan fingerprint density at radius 1 is 0.971 bits per heavy atom. The van der Waals surface area contributed by atoms with Crippen molar-refractivity contribution in [2.45, 2.75) is 11.7 Å². The van der Waals surface area contributed by atoms with Crippen LogP contribution in [-0.4, -0.2) is 46.1 Å². The van der Waals surface area contributed by atoms with E-state index in [-0.39, 0.29) is 23.4 Å². The van der Waals surface area contributed by atoms with Gasteiger partial charge >= 0.3 is 0 Å². The van der Waals surface area contributed by atoms with Crippen LogP contribution in [0.25, 0.3) is 11.3 Å². The van der Waals surface area contributed by atoms with Gasteiger partial charge < -0.3 is 14.8 Å². The number of carbonyl (C=O) groups excluding carboxylic acids is 2. The molecule has 2 amide bonds. The zero-order valence-corrected chi connectivity index (χ0v) is 20.3. The number of nitrogens with one attached hydrogen (secondary N) is 1. The highest BCUT2D eigenvalue weighted by atomic mass is 32.2. The van der Waals surface area contributed by atoms with E-state index in [1.165, 1.54) is 28.8 Å². The van der Waals surface area contributed by atoms with Gasteiger partial charge in [0.2, 0.25) is 5.91 Å². The van der Waals surface area contributed by atoms with Crippen LogP contribution < -0.4 is 5.32 Å². The third-order valence-electron chi connectivity index (χ3n) is 5.30. The van der Waals surface area contributed by atoms with Crippen LogP contribution in [0.15, 0.2) is 90.2 Å². The average Bonchev–Trinajstić information content (AvgIpc) is 3.26. The summed E-state index contributed by atoms with van der Waals surface area (Å²) >= 11 is 1.33. The lowest BCUT2D eigenvalue weighted by Crippen LogP contribution is -2.21. The van der Waals surface area contributed by atoms with Crippen molar-refractivity contribution in [1.82, 2.24) is 14.5 Å². The van der Waals surface area contributed by atoms with Gasteiger partial charge in [-0.15, -0.1) is 0 Å². The maximum Gasteiger partial charge on any atom is 0.253 e. The Labute approximate surface area is 207 Å². The fourth-order valence-electron chi connectivity index (χ4n) is 3.53. The standard InChI is InChI=1S/C27H25FN4O2S/c1-31(2)26(34)21-10-14-23(15-11-21)30-25(33)18-35-27-29-16-24(20-8-12-22(28)13-9-20)32(27)17-19-6-4-3-5-7-19/h3-16H,17-18H2,1-2H3,(H,30,33). The Balaban J connectivity index is 1.48. The van der Waals surface area contributed by atoms with Crippen LogP contribution in [0.4, 0.5) is 10.1 Å². The molecule has 178 valence electrons. The molecule has 0 aliphatic rings. The van der Waals surface area contributed by atoms with Crippen LogP contribution >= 0.6 is 11.8 Å². The zero-order chi connectivity index (χ0) is 24.8. The van der Waals surface area contributed by atoms with Crippen molar-refractivity contribution in [1.29, 1.82) is 0 Å². The minimum Gasteiger partial charge on any atom is -0.345 e. The van der Waals surface area contributed by atoms with Crippen LogP contribution in [0.5, 0.6) is 0 Å². The first-order valence-corrected chi connectivity index (χ1v) is 12.0. The third-order valence-corrected chi connectivity index (χ3v) is 6.29. The summed E-state index contributed by atoms with van der Waals surface area (Å²) in [6, 6.07) is 23.0. The largest absolute Gasteiger partial charge is 0.345 e. The number of anilines is 1. The number of hydrogen-bond donors (Lipinski definition) is 1. The predicted octanol–water partition coefficient (Wildman–Crippen LogP) is 5.17. The van der Waals surface area contributed by atoms with Crippen molar-refractivity contribution in [3.05, 3.63) is 102 Å². The molecule has 4 rings (SSSR count). The molecule has 1 heterocycles. The van der Waals surface area contributed by atoms with Crippen molar-refractivity contribution in [3.8, 4) is 11.3 Å². The summed E-state index contributed by atoms with van der Waals surface area (Å²) in [4.78, 5) is 30.7. The molecule has 0 saturated heterocycles. The van der Waals surface area contributed by atoms with Gasteiger partial charge in [-0.25, -0.2) is 9.37 Å². The minimum absolute atomic E-state index is 0.0966. The molecule has 0 aliphatic carbocycles. The van der Waals surface area contributed by atoms with Crippen molar-refractivity contribution in [2.24, 2.45) is 0 Å². The second-order valence-corrected chi connectivity index (χ2v) is 9.06. The molecule has 6 nitrogen and oxygen atoms in total. The summed E-state index contributed by atoms with van der Waals surface area (Å²) in [5.74, 6) is -0.416. The predicted molar refractivity (Wildman–Crippen MR) is 137 cm³/mol. The first-order valence-electron chi connectivity index (χ1n) is 11.0. The molecule has 0 bridgehead atoms. The Morgan fingerprint density at radius 3 is 2.31 bits per heavy atom. The van der Waals surface area contributed by atoms with E-state index < -0.39 is 0 Å². The average molecular weight is 489 g/mol. The highest BCUT2D eigenvalue weighted by Gasteiger charge is 2.15. The molecule has 0 saturated carbocycles. The molecule has 0 spiro atoms. The van der Waals surface area contributed by atoms with E-state index >= 15 is 0 Å². The number of hydrogen-bond acceptors (Lipinski definition) is 4. The maximum absolute atomic E-state index is 13.5. The van der Waals surface area contributed by atoms with Crippen molar-refractivity contribution in [3.63, 3.8) is 0 Å². The lowest BCUT2D eigenvalue weighted by molar-refractivity contribution is -0.113. The Hall–Kier alpha value is -3.91. The molecule has 1 aromatic heterocycles. The SMILES string of the molecule is CN(C)C(=O)c1ccc(NC(=O)CSc2ncc(-c3ccc(F)cc3)n2Cc2ccccc2)cc1. The summed E-state index contributed by atoms with van der Waals surface area (Å²) in [5.41, 5.74) is 3.95. The van der Waals surface area contributed by atoms with E-state index in [4.69, 9.17) is 0 Å². The fraction of sp³-hybridized carbons (Fsp3) is 0.148. The van der Waals surface area contributed by atoms with Gasteiger partial charge in [-0.2, -0.15) is 0 Å². The molecular formula is C27H25FN4O2S. The van der Waals surface area contributed by atoms with Gasteiger partial charge in [-0.3, -0.25) is 9.59 Å². The number of rotatable bonds is 8. The fourth-order valence-corrected chi connectivity index (χ4v) is 4.30. The second-order valence-electron chi connectivity index (χ2n) is 8.12. The molecule has 0 aliphatic heterocycles. The number of aromatic nitrogens is 2. The maximum atomic E-state index is 13.5.